The molecule has 0 spiro atoms. The number of ether oxygens (including phenoxy) is 1. The summed E-state index contributed by atoms with van der Waals surface area (Å²) in [5.41, 5.74) is 7.83. The molecule has 7 rings (SSSR count). The smallest absolute Gasteiger partial charge is 0.319 e. The number of nitrogen functional groups attached to an aromatic ring is 1. The quantitative estimate of drug-likeness (QED) is 0.304. The summed E-state index contributed by atoms with van der Waals surface area (Å²) in [6.45, 7) is 4.57. The van der Waals surface area contributed by atoms with Gasteiger partial charge in [-0.05, 0) is 63.0 Å². The fourth-order valence-electron chi connectivity index (χ4n) is 7.49. The van der Waals surface area contributed by atoms with Crippen molar-refractivity contribution in [3.8, 4) is 29.3 Å². The van der Waals surface area contributed by atoms with E-state index in [9.17, 15) is 19.3 Å². The molecule has 0 aliphatic carbocycles. The number of nitrogens with zero attached hydrogens (tertiary/aromatic N) is 6. The molecule has 3 aliphatic rings. The van der Waals surface area contributed by atoms with Gasteiger partial charge < -0.3 is 20.7 Å². The van der Waals surface area contributed by atoms with Crippen LogP contribution in [0, 0.1) is 28.5 Å². The van der Waals surface area contributed by atoms with Crippen molar-refractivity contribution >= 4 is 43.1 Å². The van der Waals surface area contributed by atoms with Crippen molar-refractivity contribution in [3.05, 3.63) is 41.2 Å². The molecule has 3 N–H and O–H groups in total. The van der Waals surface area contributed by atoms with E-state index in [0.29, 0.717) is 51.8 Å². The minimum Gasteiger partial charge on any atom is -0.461 e. The van der Waals surface area contributed by atoms with Crippen LogP contribution in [0.25, 0.3) is 32.1 Å². The van der Waals surface area contributed by atoms with Crippen LogP contribution in [0.15, 0.2) is 24.3 Å². The third-order valence-electron chi connectivity index (χ3n) is 9.68. The van der Waals surface area contributed by atoms with E-state index in [1.807, 2.05) is 7.05 Å². The molecule has 12 heteroatoms. The van der Waals surface area contributed by atoms with Crippen LogP contribution >= 0.6 is 11.3 Å². The van der Waals surface area contributed by atoms with Crippen molar-refractivity contribution in [2.45, 2.75) is 56.4 Å². The Morgan fingerprint density at radius 3 is 2.84 bits per heavy atom. The van der Waals surface area contributed by atoms with E-state index in [1.165, 1.54) is 6.07 Å². The Labute approximate surface area is 257 Å². The number of aromatic nitrogens is 2. The highest BCUT2D eigenvalue weighted by molar-refractivity contribution is 7.23. The Balaban J connectivity index is 1.39. The predicted octanol–water partition coefficient (Wildman–Crippen LogP) is 5.12. The normalized spacial score (nSPS) is 24.9. The Kier molecular flexibility index (Phi) is 7.04. The van der Waals surface area contributed by atoms with Gasteiger partial charge in [-0.3, -0.25) is 4.90 Å². The van der Waals surface area contributed by atoms with Crippen LogP contribution in [0.1, 0.15) is 43.7 Å². The van der Waals surface area contributed by atoms with E-state index in [1.54, 1.807) is 18.2 Å². The van der Waals surface area contributed by atoms with E-state index in [4.69, 9.17) is 20.4 Å². The van der Waals surface area contributed by atoms with Crippen molar-refractivity contribution in [2.75, 3.05) is 43.9 Å². The summed E-state index contributed by atoms with van der Waals surface area (Å²) in [5.74, 6) is 0.149. The van der Waals surface area contributed by atoms with Gasteiger partial charge in [0.1, 0.15) is 35.5 Å². The summed E-state index contributed by atoms with van der Waals surface area (Å²) in [6, 6.07) is 11.4. The number of hydrogen-bond donors (Lipinski definition) is 2. The Hall–Kier alpha value is -4.10. The van der Waals surface area contributed by atoms with Crippen molar-refractivity contribution in [1.29, 1.82) is 10.5 Å². The molecule has 4 aromatic rings. The second kappa shape index (κ2) is 10.8. The van der Waals surface area contributed by atoms with Crippen LogP contribution in [-0.4, -0.2) is 72.0 Å². The van der Waals surface area contributed by atoms with E-state index >= 15 is 0 Å². The molecule has 44 heavy (non-hydrogen) atoms. The Bertz CT molecular complexity index is 1880. The molecular formula is C32H32F2N8OS. The second-order valence-corrected chi connectivity index (χ2v) is 13.2. The van der Waals surface area contributed by atoms with Gasteiger partial charge in [0.2, 0.25) is 0 Å². The molecule has 5 heterocycles. The number of nitriles is 2. The maximum Gasteiger partial charge on any atom is 0.319 e. The largest absolute Gasteiger partial charge is 0.461 e. The lowest BCUT2D eigenvalue weighted by Gasteiger charge is -2.32. The highest BCUT2D eigenvalue weighted by Crippen LogP contribution is 2.44. The summed E-state index contributed by atoms with van der Waals surface area (Å²) < 4.78 is 35.9. The van der Waals surface area contributed by atoms with Crippen LogP contribution < -0.4 is 20.7 Å². The number of halogens is 2. The number of nitrogens with two attached hydrogens (primary N) is 1. The van der Waals surface area contributed by atoms with Crippen molar-refractivity contribution in [1.82, 2.24) is 20.2 Å². The molecule has 2 aromatic carbocycles. The average molecular weight is 615 g/mol. The molecule has 0 bridgehead atoms. The SMILES string of the molecule is CC1NCCC1N(C)c1nc(OC[C@@]23CCCN2C[C@H](F)C3)nc2cc(-c3ccc(F)c4sc(N)c(C#N)c34)c(C#N)cc12. The van der Waals surface area contributed by atoms with Gasteiger partial charge in [0, 0.05) is 48.4 Å². The van der Waals surface area contributed by atoms with Gasteiger partial charge in [-0.15, -0.1) is 11.3 Å². The molecule has 3 fully saturated rings. The number of benzene rings is 2. The third-order valence-corrected chi connectivity index (χ3v) is 10.7. The lowest BCUT2D eigenvalue weighted by molar-refractivity contribution is 0.107. The van der Waals surface area contributed by atoms with Crippen molar-refractivity contribution in [2.24, 2.45) is 0 Å². The van der Waals surface area contributed by atoms with E-state index in [2.05, 4.69) is 34.2 Å². The zero-order valence-electron chi connectivity index (χ0n) is 24.5. The zero-order valence-corrected chi connectivity index (χ0v) is 25.3. The standard InChI is InChI=1S/C32H32F2N8OS/c1-17-26(6-8-38-17)41(2)30-22-10-18(13-35)21(20-4-5-24(34)28-27(20)23(14-36)29(37)44-28)11-25(22)39-31(40-30)43-16-32-7-3-9-42(32)15-19(33)12-32/h4-5,10-11,17,19,26,38H,3,6-9,12,15-16,37H2,1-2H3/t17?,19-,26?,32+/m1/s1. The summed E-state index contributed by atoms with van der Waals surface area (Å²) in [5, 5.41) is 24.9. The number of likely N-dealkylation sites (N-methyl/N-ethyl adjacent to an activating group) is 1. The highest BCUT2D eigenvalue weighted by atomic mass is 32.1. The first-order valence-corrected chi connectivity index (χ1v) is 15.7. The minimum atomic E-state index is -0.876. The fraction of sp³-hybridized carbons (Fsp3) is 0.438. The minimum absolute atomic E-state index is 0.154. The third kappa shape index (κ3) is 4.52. The molecule has 0 amide bonds. The van der Waals surface area contributed by atoms with Crippen LogP contribution in [0.4, 0.5) is 19.6 Å². The van der Waals surface area contributed by atoms with Crippen LogP contribution in [0.5, 0.6) is 6.01 Å². The van der Waals surface area contributed by atoms with E-state index in [0.717, 1.165) is 43.7 Å². The number of anilines is 2. The number of fused-ring (bicyclic) bond motifs is 3. The van der Waals surface area contributed by atoms with Gasteiger partial charge in [0.15, 0.2) is 0 Å². The maximum atomic E-state index is 14.9. The van der Waals surface area contributed by atoms with Gasteiger partial charge in [-0.2, -0.15) is 20.5 Å². The molecule has 3 aliphatic heterocycles. The van der Waals surface area contributed by atoms with Gasteiger partial charge in [-0.1, -0.05) is 6.07 Å². The molecule has 0 saturated carbocycles. The summed E-state index contributed by atoms with van der Waals surface area (Å²) >= 11 is 1.01. The van der Waals surface area contributed by atoms with Crippen LogP contribution in [-0.2, 0) is 0 Å². The number of alkyl halides is 1. The topological polar surface area (TPSA) is 127 Å². The number of thiophene rings is 1. The Morgan fingerprint density at radius 1 is 1.25 bits per heavy atom. The summed E-state index contributed by atoms with van der Waals surface area (Å²) in [7, 11) is 1.98. The number of hydrogen-bond acceptors (Lipinski definition) is 10. The van der Waals surface area contributed by atoms with Crippen molar-refractivity contribution < 1.29 is 13.5 Å². The summed E-state index contributed by atoms with van der Waals surface area (Å²) in [6.07, 6.45) is 2.33. The molecule has 3 saturated heterocycles. The molecule has 226 valence electrons. The molecular weight excluding hydrogens is 582 g/mol. The fourth-order valence-corrected chi connectivity index (χ4v) is 8.44. The number of rotatable bonds is 6. The monoisotopic (exact) mass is 614 g/mol. The van der Waals surface area contributed by atoms with Gasteiger partial charge in [-0.25, -0.2) is 8.78 Å². The average Bonchev–Trinajstić information content (AvgIpc) is 3.77. The van der Waals surface area contributed by atoms with E-state index < -0.39 is 12.0 Å². The molecule has 0 radical (unpaired) electrons. The van der Waals surface area contributed by atoms with Crippen molar-refractivity contribution in [3.63, 3.8) is 0 Å². The maximum absolute atomic E-state index is 14.9. The Morgan fingerprint density at radius 2 is 2.09 bits per heavy atom. The molecule has 4 atom stereocenters. The predicted molar refractivity (Wildman–Crippen MR) is 167 cm³/mol. The zero-order chi connectivity index (χ0) is 30.7. The molecule has 9 nitrogen and oxygen atoms in total. The van der Waals surface area contributed by atoms with Gasteiger partial charge >= 0.3 is 6.01 Å². The first-order chi connectivity index (χ1) is 21.2. The molecule has 2 aromatic heterocycles. The lowest BCUT2D eigenvalue weighted by atomic mass is 9.94. The summed E-state index contributed by atoms with van der Waals surface area (Å²) in [4.78, 5) is 14.0. The van der Waals surface area contributed by atoms with Gasteiger partial charge in [0.05, 0.1) is 33.0 Å². The van der Waals surface area contributed by atoms with Gasteiger partial charge in [0.25, 0.3) is 0 Å². The van der Waals surface area contributed by atoms with Crippen LogP contribution in [0.2, 0.25) is 0 Å². The molecule has 2 unspecified atom stereocenters. The van der Waals surface area contributed by atoms with E-state index in [-0.39, 0.29) is 45.5 Å². The highest BCUT2D eigenvalue weighted by Gasteiger charge is 2.49. The first-order valence-electron chi connectivity index (χ1n) is 14.9. The number of nitrogens with one attached hydrogen (secondary N) is 1. The van der Waals surface area contributed by atoms with Crippen LogP contribution in [0.3, 0.4) is 0 Å². The lowest BCUT2D eigenvalue weighted by Crippen LogP contribution is -2.43. The second-order valence-electron chi connectivity index (χ2n) is 12.2. The first kappa shape index (κ1) is 28.7.